The minimum Gasteiger partial charge on any atom is -0.347 e. The van der Waals surface area contributed by atoms with Gasteiger partial charge in [-0.05, 0) is 24.8 Å². The van der Waals surface area contributed by atoms with E-state index in [1.807, 2.05) is 6.20 Å². The van der Waals surface area contributed by atoms with E-state index in [-0.39, 0.29) is 0 Å². The lowest BCUT2D eigenvalue weighted by molar-refractivity contribution is 0.344. The number of H-pyrrole nitrogens is 1. The highest BCUT2D eigenvalue weighted by Crippen LogP contribution is 2.14. The second-order valence-corrected chi connectivity index (χ2v) is 4.58. The minimum absolute atomic E-state index is 0.308. The molecule has 0 bridgehead atoms. The van der Waals surface area contributed by atoms with Gasteiger partial charge in [-0.2, -0.15) is 0 Å². The van der Waals surface area contributed by atoms with Crippen molar-refractivity contribution in [1.29, 1.82) is 0 Å². The third-order valence-electron chi connectivity index (χ3n) is 3.13. The first-order valence-electron chi connectivity index (χ1n) is 6.11. The Bertz CT molecular complexity index is 269. The first kappa shape index (κ1) is 13.2. The molecule has 1 aromatic rings. The van der Waals surface area contributed by atoms with Crippen LogP contribution in [-0.2, 0) is 0 Å². The van der Waals surface area contributed by atoms with E-state index in [4.69, 9.17) is 5.73 Å². The molecule has 1 heterocycles. The number of nitrogens with one attached hydrogen (secondary N) is 2. The van der Waals surface area contributed by atoms with Crippen LogP contribution in [0.1, 0.15) is 39.1 Å². The lowest BCUT2D eigenvalue weighted by Crippen LogP contribution is -2.34. The zero-order chi connectivity index (χ0) is 12.0. The van der Waals surface area contributed by atoms with Crippen LogP contribution < -0.4 is 11.1 Å². The molecule has 0 spiro atoms. The molecule has 4 heteroatoms. The zero-order valence-corrected chi connectivity index (χ0v) is 10.5. The van der Waals surface area contributed by atoms with Crippen molar-refractivity contribution in [3.8, 4) is 0 Å². The average molecular weight is 224 g/mol. The molecule has 0 aromatic carbocycles. The Morgan fingerprint density at radius 2 is 2.25 bits per heavy atom. The van der Waals surface area contributed by atoms with E-state index in [0.717, 1.165) is 25.3 Å². The number of aromatic nitrogens is 2. The maximum atomic E-state index is 5.76. The van der Waals surface area contributed by atoms with E-state index in [0.29, 0.717) is 17.9 Å². The van der Waals surface area contributed by atoms with Crippen LogP contribution in [0.4, 0.5) is 0 Å². The standard InChI is InChI=1S/C12H24N4/c1-4-11(12-14-5-6-15-12)16-8-10(7-13)9(2)3/h5-6,9-11,16H,4,7-8,13H2,1-3H3,(H,14,15). The Balaban J connectivity index is 2.45. The van der Waals surface area contributed by atoms with Crippen LogP contribution in [0.2, 0.25) is 0 Å². The van der Waals surface area contributed by atoms with Crippen LogP contribution >= 0.6 is 0 Å². The zero-order valence-electron chi connectivity index (χ0n) is 10.5. The summed E-state index contributed by atoms with van der Waals surface area (Å²) in [7, 11) is 0. The molecule has 0 fully saturated rings. The van der Waals surface area contributed by atoms with Crippen LogP contribution in [0.15, 0.2) is 12.4 Å². The molecule has 0 aliphatic carbocycles. The quantitative estimate of drug-likeness (QED) is 0.660. The molecule has 0 saturated carbocycles. The van der Waals surface area contributed by atoms with Gasteiger partial charge in [0.15, 0.2) is 0 Å². The smallest absolute Gasteiger partial charge is 0.123 e. The highest BCUT2D eigenvalue weighted by Gasteiger charge is 2.15. The second kappa shape index (κ2) is 6.66. The van der Waals surface area contributed by atoms with Gasteiger partial charge in [0.1, 0.15) is 5.82 Å². The van der Waals surface area contributed by atoms with E-state index in [2.05, 4.69) is 36.1 Å². The van der Waals surface area contributed by atoms with Gasteiger partial charge in [-0.25, -0.2) is 4.98 Å². The van der Waals surface area contributed by atoms with Crippen molar-refractivity contribution in [2.75, 3.05) is 13.1 Å². The fourth-order valence-electron chi connectivity index (χ4n) is 1.79. The molecule has 0 aliphatic heterocycles. The van der Waals surface area contributed by atoms with Crippen molar-refractivity contribution in [3.63, 3.8) is 0 Å². The topological polar surface area (TPSA) is 66.7 Å². The van der Waals surface area contributed by atoms with Gasteiger partial charge in [0.25, 0.3) is 0 Å². The van der Waals surface area contributed by atoms with Gasteiger partial charge >= 0.3 is 0 Å². The van der Waals surface area contributed by atoms with Crippen molar-refractivity contribution in [2.24, 2.45) is 17.6 Å². The van der Waals surface area contributed by atoms with Gasteiger partial charge in [-0.1, -0.05) is 20.8 Å². The Labute approximate surface area is 98.0 Å². The Hall–Kier alpha value is -0.870. The summed E-state index contributed by atoms with van der Waals surface area (Å²) in [6, 6.07) is 0.308. The number of hydrogen-bond donors (Lipinski definition) is 3. The summed E-state index contributed by atoms with van der Waals surface area (Å²) in [6.45, 7) is 8.28. The number of aromatic amines is 1. The van der Waals surface area contributed by atoms with Crippen LogP contribution in [0.3, 0.4) is 0 Å². The minimum atomic E-state index is 0.308. The summed E-state index contributed by atoms with van der Waals surface area (Å²) >= 11 is 0. The molecule has 2 unspecified atom stereocenters. The first-order valence-corrected chi connectivity index (χ1v) is 6.11. The molecule has 0 amide bonds. The number of imidazole rings is 1. The van der Waals surface area contributed by atoms with E-state index in [1.165, 1.54) is 0 Å². The van der Waals surface area contributed by atoms with E-state index >= 15 is 0 Å². The lowest BCUT2D eigenvalue weighted by atomic mass is 9.95. The fraction of sp³-hybridized carbons (Fsp3) is 0.750. The Kier molecular flexibility index (Phi) is 5.49. The monoisotopic (exact) mass is 224 g/mol. The first-order chi connectivity index (χ1) is 7.69. The van der Waals surface area contributed by atoms with Crippen molar-refractivity contribution in [1.82, 2.24) is 15.3 Å². The normalized spacial score (nSPS) is 15.3. The van der Waals surface area contributed by atoms with Crippen LogP contribution in [0, 0.1) is 11.8 Å². The molecule has 16 heavy (non-hydrogen) atoms. The summed E-state index contributed by atoms with van der Waals surface area (Å²) < 4.78 is 0. The molecular weight excluding hydrogens is 200 g/mol. The van der Waals surface area contributed by atoms with Gasteiger partial charge in [0, 0.05) is 18.9 Å². The summed E-state index contributed by atoms with van der Waals surface area (Å²) in [5.41, 5.74) is 5.76. The highest BCUT2D eigenvalue weighted by molar-refractivity contribution is 4.95. The van der Waals surface area contributed by atoms with Crippen molar-refractivity contribution < 1.29 is 0 Å². The lowest BCUT2D eigenvalue weighted by Gasteiger charge is -2.22. The SMILES string of the molecule is CCC(NCC(CN)C(C)C)c1ncc[nH]1. The van der Waals surface area contributed by atoms with E-state index in [1.54, 1.807) is 6.20 Å². The highest BCUT2D eigenvalue weighted by atomic mass is 15.0. The van der Waals surface area contributed by atoms with Gasteiger partial charge in [0.05, 0.1) is 6.04 Å². The van der Waals surface area contributed by atoms with Crippen LogP contribution in [-0.4, -0.2) is 23.1 Å². The third kappa shape index (κ3) is 3.61. The maximum absolute atomic E-state index is 5.76. The van der Waals surface area contributed by atoms with Crippen molar-refractivity contribution >= 4 is 0 Å². The molecule has 0 saturated heterocycles. The van der Waals surface area contributed by atoms with E-state index < -0.39 is 0 Å². The summed E-state index contributed by atoms with van der Waals surface area (Å²) in [5.74, 6) is 2.16. The second-order valence-electron chi connectivity index (χ2n) is 4.58. The third-order valence-corrected chi connectivity index (χ3v) is 3.13. The molecule has 2 atom stereocenters. The number of nitrogens with two attached hydrogens (primary N) is 1. The number of hydrogen-bond acceptors (Lipinski definition) is 3. The molecular formula is C12H24N4. The number of rotatable bonds is 7. The Morgan fingerprint density at radius 1 is 1.50 bits per heavy atom. The largest absolute Gasteiger partial charge is 0.347 e. The van der Waals surface area contributed by atoms with Crippen LogP contribution in [0.25, 0.3) is 0 Å². The maximum Gasteiger partial charge on any atom is 0.123 e. The molecule has 0 radical (unpaired) electrons. The molecule has 1 aromatic heterocycles. The van der Waals surface area contributed by atoms with Gasteiger partial charge in [-0.15, -0.1) is 0 Å². The molecule has 4 N–H and O–H groups in total. The predicted octanol–water partition coefficient (Wildman–Crippen LogP) is 1.68. The summed E-state index contributed by atoms with van der Waals surface area (Å²) in [6.07, 6.45) is 4.69. The number of nitrogens with zero attached hydrogens (tertiary/aromatic N) is 1. The molecule has 1 rings (SSSR count). The Morgan fingerprint density at radius 3 is 2.69 bits per heavy atom. The fourth-order valence-corrected chi connectivity index (χ4v) is 1.79. The van der Waals surface area contributed by atoms with Crippen LogP contribution in [0.5, 0.6) is 0 Å². The molecule has 0 aliphatic rings. The van der Waals surface area contributed by atoms with Crippen molar-refractivity contribution in [2.45, 2.75) is 33.2 Å². The van der Waals surface area contributed by atoms with Gasteiger partial charge in [-0.3, -0.25) is 0 Å². The average Bonchev–Trinajstić information content (AvgIpc) is 2.77. The van der Waals surface area contributed by atoms with Crippen molar-refractivity contribution in [3.05, 3.63) is 18.2 Å². The summed E-state index contributed by atoms with van der Waals surface area (Å²) in [4.78, 5) is 7.44. The molecule has 4 nitrogen and oxygen atoms in total. The summed E-state index contributed by atoms with van der Waals surface area (Å²) in [5, 5.41) is 3.53. The predicted molar refractivity (Wildman–Crippen MR) is 67.0 cm³/mol. The molecule has 92 valence electrons. The van der Waals surface area contributed by atoms with E-state index in [9.17, 15) is 0 Å². The van der Waals surface area contributed by atoms with Gasteiger partial charge in [0.2, 0.25) is 0 Å². The van der Waals surface area contributed by atoms with Gasteiger partial charge < -0.3 is 16.0 Å².